The van der Waals surface area contributed by atoms with Gasteiger partial charge in [-0.2, -0.15) is 0 Å². The molecule has 2 N–H and O–H groups in total. The number of aromatic nitrogens is 3. The van der Waals surface area contributed by atoms with Gasteiger partial charge in [-0.3, -0.25) is 4.98 Å². The highest BCUT2D eigenvalue weighted by molar-refractivity contribution is 5.80. The van der Waals surface area contributed by atoms with E-state index in [2.05, 4.69) is 20.9 Å². The van der Waals surface area contributed by atoms with Crippen molar-refractivity contribution in [2.24, 2.45) is 0 Å². The first-order valence-corrected chi connectivity index (χ1v) is 7.02. The summed E-state index contributed by atoms with van der Waals surface area (Å²) in [5, 5.41) is 8.85. The predicted octanol–water partition coefficient (Wildman–Crippen LogP) is 2.10. The van der Waals surface area contributed by atoms with Gasteiger partial charge in [0.15, 0.2) is 6.61 Å². The number of pyridine rings is 1. The standard InChI is InChI=1S/C17H13N3O4/c1-2-7-23-11-3-4-12(15(8-11)24-10-16(21)22)17-19-13-5-6-18-9-14(13)20-17/h1,3-6,8-9H,7,10H2,(H,19,20)(H,21,22). The van der Waals surface area contributed by atoms with Gasteiger partial charge in [0.05, 0.1) is 22.8 Å². The summed E-state index contributed by atoms with van der Waals surface area (Å²) in [5.74, 6) is 2.65. The molecule has 0 aliphatic heterocycles. The van der Waals surface area contributed by atoms with Crippen LogP contribution in [0.15, 0.2) is 36.7 Å². The van der Waals surface area contributed by atoms with Crippen molar-refractivity contribution in [3.05, 3.63) is 36.7 Å². The highest BCUT2D eigenvalue weighted by Crippen LogP contribution is 2.33. The van der Waals surface area contributed by atoms with Crippen LogP contribution in [0.5, 0.6) is 11.5 Å². The Bertz CT molecular complexity index is 894. The van der Waals surface area contributed by atoms with Crippen molar-refractivity contribution in [3.8, 4) is 35.2 Å². The van der Waals surface area contributed by atoms with Crippen LogP contribution in [0.3, 0.4) is 0 Å². The van der Waals surface area contributed by atoms with Crippen LogP contribution in [0.25, 0.3) is 22.4 Å². The maximum Gasteiger partial charge on any atom is 0.341 e. The molecular formula is C17H13N3O4. The molecule has 2 heterocycles. The fraction of sp³-hybridized carbons (Fsp3) is 0.118. The number of imidazole rings is 1. The number of H-pyrrole nitrogens is 1. The molecule has 0 radical (unpaired) electrons. The topological polar surface area (TPSA) is 97.3 Å². The molecule has 0 bridgehead atoms. The second kappa shape index (κ2) is 6.71. The van der Waals surface area contributed by atoms with E-state index in [-0.39, 0.29) is 6.61 Å². The highest BCUT2D eigenvalue weighted by atomic mass is 16.5. The van der Waals surface area contributed by atoms with Crippen molar-refractivity contribution in [3.63, 3.8) is 0 Å². The molecule has 0 aliphatic rings. The van der Waals surface area contributed by atoms with Crippen LogP contribution in [0.1, 0.15) is 0 Å². The molecule has 0 fully saturated rings. The monoisotopic (exact) mass is 323 g/mol. The van der Waals surface area contributed by atoms with E-state index < -0.39 is 12.6 Å². The first-order chi connectivity index (χ1) is 11.7. The normalized spacial score (nSPS) is 10.3. The molecule has 0 unspecified atom stereocenters. The van der Waals surface area contributed by atoms with E-state index in [4.69, 9.17) is 21.0 Å². The number of benzene rings is 1. The Morgan fingerprint density at radius 3 is 2.96 bits per heavy atom. The lowest BCUT2D eigenvalue weighted by Crippen LogP contribution is -2.10. The smallest absolute Gasteiger partial charge is 0.341 e. The summed E-state index contributed by atoms with van der Waals surface area (Å²) >= 11 is 0. The third-order valence-electron chi connectivity index (χ3n) is 3.16. The maximum atomic E-state index is 10.8. The molecule has 0 amide bonds. The lowest BCUT2D eigenvalue weighted by Gasteiger charge is -2.11. The summed E-state index contributed by atoms with van der Waals surface area (Å²) in [4.78, 5) is 22.4. The molecular weight excluding hydrogens is 310 g/mol. The fourth-order valence-corrected chi connectivity index (χ4v) is 2.16. The third-order valence-corrected chi connectivity index (χ3v) is 3.16. The zero-order valence-electron chi connectivity index (χ0n) is 12.5. The number of terminal acetylenes is 1. The van der Waals surface area contributed by atoms with Crippen LogP contribution in [-0.4, -0.2) is 39.2 Å². The van der Waals surface area contributed by atoms with Gasteiger partial charge >= 0.3 is 5.97 Å². The van der Waals surface area contributed by atoms with Crippen LogP contribution in [0.2, 0.25) is 0 Å². The van der Waals surface area contributed by atoms with E-state index in [1.54, 1.807) is 36.7 Å². The molecule has 0 atom stereocenters. The molecule has 7 nitrogen and oxygen atoms in total. The molecule has 3 aromatic rings. The van der Waals surface area contributed by atoms with Crippen molar-refractivity contribution in [1.29, 1.82) is 0 Å². The summed E-state index contributed by atoms with van der Waals surface area (Å²) < 4.78 is 10.7. The Balaban J connectivity index is 2.01. The first-order valence-electron chi connectivity index (χ1n) is 7.02. The number of carboxylic acid groups (broad SMARTS) is 1. The van der Waals surface area contributed by atoms with Gasteiger partial charge in [-0.05, 0) is 18.2 Å². The Morgan fingerprint density at radius 2 is 2.21 bits per heavy atom. The van der Waals surface area contributed by atoms with E-state index in [1.165, 1.54) is 0 Å². The van der Waals surface area contributed by atoms with Crippen LogP contribution < -0.4 is 9.47 Å². The van der Waals surface area contributed by atoms with Gasteiger partial charge in [-0.25, -0.2) is 9.78 Å². The number of nitrogens with one attached hydrogen (secondary N) is 1. The van der Waals surface area contributed by atoms with Gasteiger partial charge in [0.2, 0.25) is 0 Å². The molecule has 2 aromatic heterocycles. The molecule has 0 saturated heterocycles. The summed E-state index contributed by atoms with van der Waals surface area (Å²) in [5.41, 5.74) is 2.13. The average Bonchev–Trinajstić information content (AvgIpc) is 3.02. The number of carboxylic acids is 1. The first kappa shape index (κ1) is 15.4. The van der Waals surface area contributed by atoms with Crippen LogP contribution in [-0.2, 0) is 4.79 Å². The summed E-state index contributed by atoms with van der Waals surface area (Å²) in [6.45, 7) is -0.374. The third kappa shape index (κ3) is 3.28. The molecule has 0 spiro atoms. The minimum absolute atomic E-state index is 0.105. The van der Waals surface area contributed by atoms with Crippen molar-refractivity contribution in [2.75, 3.05) is 13.2 Å². The largest absolute Gasteiger partial charge is 0.481 e. The zero-order chi connectivity index (χ0) is 16.9. The number of carbonyl (C=O) groups is 1. The summed E-state index contributed by atoms with van der Waals surface area (Å²) in [6, 6.07) is 6.80. The molecule has 7 heteroatoms. The predicted molar refractivity (Wildman–Crippen MR) is 86.8 cm³/mol. The van der Waals surface area contributed by atoms with Gasteiger partial charge in [-0.15, -0.1) is 6.42 Å². The van der Waals surface area contributed by atoms with Crippen molar-refractivity contribution < 1.29 is 19.4 Å². The van der Waals surface area contributed by atoms with Crippen LogP contribution >= 0.6 is 0 Å². The van der Waals surface area contributed by atoms with E-state index in [0.29, 0.717) is 22.9 Å². The summed E-state index contributed by atoms with van der Waals surface area (Å²) in [7, 11) is 0. The lowest BCUT2D eigenvalue weighted by molar-refractivity contribution is -0.139. The molecule has 120 valence electrons. The van der Waals surface area contributed by atoms with Crippen LogP contribution in [0.4, 0.5) is 0 Å². The number of aliphatic carboxylic acids is 1. The van der Waals surface area contributed by atoms with Crippen molar-refractivity contribution in [1.82, 2.24) is 15.0 Å². The molecule has 1 aromatic carbocycles. The molecule has 0 saturated carbocycles. The Kier molecular flexibility index (Phi) is 4.29. The Labute approximate surface area is 137 Å². The number of hydrogen-bond donors (Lipinski definition) is 2. The minimum atomic E-state index is -1.08. The number of nitrogens with zero attached hydrogens (tertiary/aromatic N) is 2. The highest BCUT2D eigenvalue weighted by Gasteiger charge is 2.14. The molecule has 0 aliphatic carbocycles. The number of rotatable bonds is 6. The van der Waals surface area contributed by atoms with Crippen molar-refractivity contribution in [2.45, 2.75) is 0 Å². The van der Waals surface area contributed by atoms with Gasteiger partial charge in [-0.1, -0.05) is 5.92 Å². The van der Waals surface area contributed by atoms with Crippen LogP contribution in [0, 0.1) is 12.3 Å². The molecule has 3 rings (SSSR count). The van der Waals surface area contributed by atoms with Gasteiger partial charge < -0.3 is 19.6 Å². The Morgan fingerprint density at radius 1 is 1.33 bits per heavy atom. The fourth-order valence-electron chi connectivity index (χ4n) is 2.16. The number of fused-ring (bicyclic) bond motifs is 1. The van der Waals surface area contributed by atoms with Crippen molar-refractivity contribution >= 4 is 17.0 Å². The van der Waals surface area contributed by atoms with E-state index in [0.717, 1.165) is 11.0 Å². The second-order valence-electron chi connectivity index (χ2n) is 4.81. The second-order valence-corrected chi connectivity index (χ2v) is 4.81. The number of aromatic amines is 1. The SMILES string of the molecule is C#CCOc1ccc(-c2nc3ccncc3[nH]2)c(OCC(=O)O)c1. The quantitative estimate of drug-likeness (QED) is 0.674. The average molecular weight is 323 g/mol. The lowest BCUT2D eigenvalue weighted by atomic mass is 10.2. The van der Waals surface area contributed by atoms with E-state index in [1.807, 2.05) is 0 Å². The summed E-state index contributed by atoms with van der Waals surface area (Å²) in [6.07, 6.45) is 8.48. The minimum Gasteiger partial charge on any atom is -0.481 e. The number of ether oxygens (including phenoxy) is 2. The van der Waals surface area contributed by atoms with E-state index >= 15 is 0 Å². The maximum absolute atomic E-state index is 10.8. The Hall–Kier alpha value is -3.53. The van der Waals surface area contributed by atoms with Gasteiger partial charge in [0.1, 0.15) is 23.9 Å². The molecule has 24 heavy (non-hydrogen) atoms. The zero-order valence-corrected chi connectivity index (χ0v) is 12.5. The van der Waals surface area contributed by atoms with Gasteiger partial charge in [0.25, 0.3) is 0 Å². The number of hydrogen-bond acceptors (Lipinski definition) is 5. The van der Waals surface area contributed by atoms with Gasteiger partial charge in [0, 0.05) is 12.3 Å². The van der Waals surface area contributed by atoms with E-state index in [9.17, 15) is 4.79 Å².